The SMILES string of the molecule is O=C(CNC(=O)c1cnn(-c2ccc(Cl)cc2)c1)NCC(F)(F)F. The van der Waals surface area contributed by atoms with Crippen LogP contribution < -0.4 is 10.6 Å². The Morgan fingerprint density at radius 3 is 2.46 bits per heavy atom. The molecule has 0 unspecified atom stereocenters. The van der Waals surface area contributed by atoms with E-state index in [-0.39, 0.29) is 5.56 Å². The van der Waals surface area contributed by atoms with Crippen LogP contribution in [0.5, 0.6) is 0 Å². The molecule has 0 fully saturated rings. The number of benzene rings is 1. The van der Waals surface area contributed by atoms with E-state index in [9.17, 15) is 22.8 Å². The second kappa shape index (κ2) is 7.35. The quantitative estimate of drug-likeness (QED) is 0.855. The highest BCUT2D eigenvalue weighted by molar-refractivity contribution is 6.30. The lowest BCUT2D eigenvalue weighted by Crippen LogP contribution is -2.40. The highest BCUT2D eigenvalue weighted by atomic mass is 35.5. The first-order chi connectivity index (χ1) is 11.2. The summed E-state index contributed by atoms with van der Waals surface area (Å²) < 4.78 is 37.3. The fraction of sp³-hybridized carbons (Fsp3) is 0.214. The third-order valence-corrected chi connectivity index (χ3v) is 3.08. The molecule has 0 aliphatic rings. The number of nitrogens with zero attached hydrogens (tertiary/aromatic N) is 2. The molecule has 6 nitrogen and oxygen atoms in total. The van der Waals surface area contributed by atoms with Crippen LogP contribution >= 0.6 is 11.6 Å². The summed E-state index contributed by atoms with van der Waals surface area (Å²) in [4.78, 5) is 23.1. The van der Waals surface area contributed by atoms with Crippen molar-refractivity contribution in [1.82, 2.24) is 20.4 Å². The van der Waals surface area contributed by atoms with Crippen LogP contribution in [0.3, 0.4) is 0 Å². The predicted octanol–water partition coefficient (Wildman–Crippen LogP) is 1.93. The number of nitrogens with one attached hydrogen (secondary N) is 2. The third-order valence-electron chi connectivity index (χ3n) is 2.83. The lowest BCUT2D eigenvalue weighted by molar-refractivity contribution is -0.137. The smallest absolute Gasteiger partial charge is 0.345 e. The minimum atomic E-state index is -4.50. The second-order valence-corrected chi connectivity index (χ2v) is 5.16. The maximum Gasteiger partial charge on any atom is 0.405 e. The van der Waals surface area contributed by atoms with Crippen LogP contribution in [0.2, 0.25) is 5.02 Å². The fourth-order valence-electron chi connectivity index (χ4n) is 1.70. The summed E-state index contributed by atoms with van der Waals surface area (Å²) in [5.74, 6) is -1.57. The average Bonchev–Trinajstić information content (AvgIpc) is 3.00. The van der Waals surface area contributed by atoms with Crippen LogP contribution in [0, 0.1) is 0 Å². The molecular weight excluding hydrogens is 349 g/mol. The summed E-state index contributed by atoms with van der Waals surface area (Å²) in [7, 11) is 0. The number of alkyl halides is 3. The van der Waals surface area contributed by atoms with E-state index in [0.717, 1.165) is 0 Å². The summed E-state index contributed by atoms with van der Waals surface area (Å²) in [6, 6.07) is 6.70. The Hall–Kier alpha value is -2.55. The van der Waals surface area contributed by atoms with Crippen molar-refractivity contribution in [1.29, 1.82) is 0 Å². The van der Waals surface area contributed by atoms with Crippen LogP contribution in [0.1, 0.15) is 10.4 Å². The zero-order valence-corrected chi connectivity index (χ0v) is 12.9. The summed E-state index contributed by atoms with van der Waals surface area (Å²) in [5.41, 5.74) is 0.829. The summed E-state index contributed by atoms with van der Waals surface area (Å²) in [5, 5.41) is 8.42. The number of rotatable bonds is 5. The molecule has 0 spiro atoms. The fourth-order valence-corrected chi connectivity index (χ4v) is 1.83. The molecule has 2 rings (SSSR count). The van der Waals surface area contributed by atoms with Gasteiger partial charge < -0.3 is 10.6 Å². The van der Waals surface area contributed by atoms with Gasteiger partial charge in [0.05, 0.1) is 24.0 Å². The van der Waals surface area contributed by atoms with Gasteiger partial charge in [0.15, 0.2) is 0 Å². The summed E-state index contributed by atoms with van der Waals surface area (Å²) in [6.45, 7) is -2.02. The summed E-state index contributed by atoms with van der Waals surface area (Å²) >= 11 is 5.78. The Morgan fingerprint density at radius 1 is 1.17 bits per heavy atom. The van der Waals surface area contributed by atoms with Crippen molar-refractivity contribution in [3.8, 4) is 5.69 Å². The number of carbonyl (C=O) groups excluding carboxylic acids is 2. The Morgan fingerprint density at radius 2 is 1.83 bits per heavy atom. The number of hydrogen-bond acceptors (Lipinski definition) is 3. The molecule has 1 aromatic carbocycles. The highest BCUT2D eigenvalue weighted by Gasteiger charge is 2.27. The molecule has 2 N–H and O–H groups in total. The summed E-state index contributed by atoms with van der Waals surface area (Å²) in [6.07, 6.45) is -1.80. The Bertz CT molecular complexity index is 728. The molecule has 0 atom stereocenters. The monoisotopic (exact) mass is 360 g/mol. The van der Waals surface area contributed by atoms with E-state index in [1.54, 1.807) is 29.6 Å². The minimum absolute atomic E-state index is 0.161. The molecule has 2 aromatic rings. The van der Waals surface area contributed by atoms with Gasteiger partial charge in [-0.25, -0.2) is 4.68 Å². The van der Waals surface area contributed by atoms with E-state index in [1.165, 1.54) is 17.1 Å². The van der Waals surface area contributed by atoms with Gasteiger partial charge in [-0.2, -0.15) is 18.3 Å². The van der Waals surface area contributed by atoms with E-state index < -0.39 is 31.1 Å². The first-order valence-electron chi connectivity index (χ1n) is 6.67. The molecule has 0 saturated carbocycles. The molecule has 1 aromatic heterocycles. The van der Waals surface area contributed by atoms with E-state index in [4.69, 9.17) is 11.6 Å². The lowest BCUT2D eigenvalue weighted by atomic mass is 10.3. The van der Waals surface area contributed by atoms with Gasteiger partial charge in [0, 0.05) is 11.2 Å². The van der Waals surface area contributed by atoms with Crippen LogP contribution in [-0.2, 0) is 4.79 Å². The molecule has 0 aliphatic heterocycles. The standard InChI is InChI=1S/C14H12ClF3N4O2/c15-10-1-3-11(4-2-10)22-7-9(5-21-22)13(24)19-6-12(23)20-8-14(16,17)18/h1-5,7H,6,8H2,(H,19,24)(H,20,23). The van der Waals surface area contributed by atoms with Gasteiger partial charge in [0.25, 0.3) is 5.91 Å². The maximum atomic E-state index is 11.9. The van der Waals surface area contributed by atoms with Crippen LogP contribution in [-0.4, -0.2) is 40.9 Å². The predicted molar refractivity (Wildman–Crippen MR) is 80.0 cm³/mol. The molecule has 0 aliphatic carbocycles. The van der Waals surface area contributed by atoms with E-state index in [1.807, 2.05) is 0 Å². The normalized spacial score (nSPS) is 11.2. The van der Waals surface area contributed by atoms with Crippen molar-refractivity contribution in [2.45, 2.75) is 6.18 Å². The van der Waals surface area contributed by atoms with Gasteiger partial charge in [-0.05, 0) is 24.3 Å². The first kappa shape index (κ1) is 17.8. The van der Waals surface area contributed by atoms with Crippen molar-refractivity contribution in [3.63, 3.8) is 0 Å². The molecule has 0 saturated heterocycles. The molecule has 1 heterocycles. The van der Waals surface area contributed by atoms with Gasteiger partial charge in [-0.1, -0.05) is 11.6 Å². The molecule has 24 heavy (non-hydrogen) atoms. The van der Waals surface area contributed by atoms with Crippen molar-refractivity contribution < 1.29 is 22.8 Å². The van der Waals surface area contributed by atoms with E-state index >= 15 is 0 Å². The third kappa shape index (κ3) is 5.27. The van der Waals surface area contributed by atoms with Gasteiger partial charge in [-0.15, -0.1) is 0 Å². The second-order valence-electron chi connectivity index (χ2n) is 4.72. The van der Waals surface area contributed by atoms with Crippen molar-refractivity contribution in [2.24, 2.45) is 0 Å². The highest BCUT2D eigenvalue weighted by Crippen LogP contribution is 2.13. The van der Waals surface area contributed by atoms with E-state index in [0.29, 0.717) is 10.7 Å². The molecular formula is C14H12ClF3N4O2. The average molecular weight is 361 g/mol. The van der Waals surface area contributed by atoms with Gasteiger partial charge in [-0.3, -0.25) is 9.59 Å². The van der Waals surface area contributed by atoms with Gasteiger partial charge >= 0.3 is 6.18 Å². The Kier molecular flexibility index (Phi) is 5.45. The Labute approximate surface area is 139 Å². The number of hydrogen-bond donors (Lipinski definition) is 2. The maximum absolute atomic E-state index is 11.9. The Balaban J connectivity index is 1.89. The minimum Gasteiger partial charge on any atom is -0.345 e. The number of carbonyl (C=O) groups is 2. The molecule has 0 bridgehead atoms. The number of amides is 2. The zero-order chi connectivity index (χ0) is 17.7. The van der Waals surface area contributed by atoms with Crippen LogP contribution in [0.25, 0.3) is 5.69 Å². The molecule has 2 amide bonds. The zero-order valence-electron chi connectivity index (χ0n) is 12.1. The number of halogens is 4. The lowest BCUT2D eigenvalue weighted by Gasteiger charge is -2.08. The van der Waals surface area contributed by atoms with Crippen molar-refractivity contribution in [2.75, 3.05) is 13.1 Å². The van der Waals surface area contributed by atoms with Crippen LogP contribution in [0.4, 0.5) is 13.2 Å². The van der Waals surface area contributed by atoms with E-state index in [2.05, 4.69) is 10.4 Å². The van der Waals surface area contributed by atoms with Crippen molar-refractivity contribution >= 4 is 23.4 Å². The topological polar surface area (TPSA) is 76.0 Å². The molecule has 0 radical (unpaired) electrons. The molecule has 10 heteroatoms. The van der Waals surface area contributed by atoms with Gasteiger partial charge in [0.1, 0.15) is 6.54 Å². The van der Waals surface area contributed by atoms with Crippen molar-refractivity contribution in [3.05, 3.63) is 47.2 Å². The van der Waals surface area contributed by atoms with Gasteiger partial charge in [0.2, 0.25) is 5.91 Å². The largest absolute Gasteiger partial charge is 0.405 e. The molecule has 128 valence electrons. The first-order valence-corrected chi connectivity index (χ1v) is 7.05. The number of aromatic nitrogens is 2. The van der Waals surface area contributed by atoms with Crippen LogP contribution in [0.15, 0.2) is 36.7 Å².